The minimum atomic E-state index is -0.633. The quantitative estimate of drug-likeness (QED) is 0.662. The van der Waals surface area contributed by atoms with Gasteiger partial charge in [-0.05, 0) is 13.3 Å². The molecule has 0 spiro atoms. The first-order valence-corrected chi connectivity index (χ1v) is 6.51. The van der Waals surface area contributed by atoms with Crippen LogP contribution in [0.2, 0.25) is 0 Å². The van der Waals surface area contributed by atoms with Gasteiger partial charge in [-0.2, -0.15) is 0 Å². The van der Waals surface area contributed by atoms with Crippen molar-refractivity contribution in [3.63, 3.8) is 0 Å². The lowest BCUT2D eigenvalue weighted by molar-refractivity contribution is -0.0365. The first-order valence-electron chi connectivity index (χ1n) is 6.51. The molecule has 0 amide bonds. The molecule has 0 bridgehead atoms. The Bertz CT molecular complexity index is 358. The first-order chi connectivity index (χ1) is 9.06. The predicted octanol–water partition coefficient (Wildman–Crippen LogP) is 0.100. The van der Waals surface area contributed by atoms with E-state index < -0.39 is 6.10 Å². The molecule has 1 aromatic heterocycles. The van der Waals surface area contributed by atoms with E-state index in [0.29, 0.717) is 13.2 Å². The Morgan fingerprint density at radius 1 is 1.47 bits per heavy atom. The normalized spacial score (nSPS) is 16.3. The van der Waals surface area contributed by atoms with Crippen LogP contribution in [0.4, 0.5) is 0 Å². The number of nitrogens with zero attached hydrogens (tertiary/aromatic N) is 3. The Hall–Kier alpha value is -1.02. The van der Waals surface area contributed by atoms with Crippen molar-refractivity contribution < 1.29 is 14.6 Å². The van der Waals surface area contributed by atoms with Crippen LogP contribution in [0.15, 0.2) is 6.20 Å². The third kappa shape index (κ3) is 5.65. The first kappa shape index (κ1) is 16.0. The van der Waals surface area contributed by atoms with Crippen LogP contribution in [0, 0.1) is 0 Å². The summed E-state index contributed by atoms with van der Waals surface area (Å²) in [4.78, 5) is 0. The van der Waals surface area contributed by atoms with Gasteiger partial charge in [0, 0.05) is 7.11 Å². The fourth-order valence-electron chi connectivity index (χ4n) is 1.61. The number of ether oxygens (including phenoxy) is 2. The number of nitrogens with two attached hydrogens (primary N) is 1. The lowest BCUT2D eigenvalue weighted by Crippen LogP contribution is -2.26. The molecule has 1 heterocycles. The summed E-state index contributed by atoms with van der Waals surface area (Å²) in [6.45, 7) is 4.96. The van der Waals surface area contributed by atoms with E-state index in [0.717, 1.165) is 12.1 Å². The van der Waals surface area contributed by atoms with Gasteiger partial charge in [-0.3, -0.25) is 0 Å². The molecule has 0 aliphatic carbocycles. The van der Waals surface area contributed by atoms with Crippen molar-refractivity contribution in [1.29, 1.82) is 0 Å². The largest absolute Gasteiger partial charge is 0.389 e. The minimum absolute atomic E-state index is 0.0422. The SMILES string of the molecule is CCC(N)c1cn(CC(O)COC(C)COC)nn1. The Labute approximate surface area is 113 Å². The third-order valence-corrected chi connectivity index (χ3v) is 2.75. The zero-order chi connectivity index (χ0) is 14.3. The molecule has 3 N–H and O–H groups in total. The van der Waals surface area contributed by atoms with E-state index in [9.17, 15) is 5.11 Å². The van der Waals surface area contributed by atoms with E-state index in [1.165, 1.54) is 0 Å². The smallest absolute Gasteiger partial charge is 0.0994 e. The van der Waals surface area contributed by atoms with Gasteiger partial charge in [0.15, 0.2) is 0 Å². The number of methoxy groups -OCH3 is 1. The fourth-order valence-corrected chi connectivity index (χ4v) is 1.61. The molecule has 3 unspecified atom stereocenters. The molecule has 7 heteroatoms. The van der Waals surface area contributed by atoms with Crippen LogP contribution in [0.1, 0.15) is 32.0 Å². The topological polar surface area (TPSA) is 95.4 Å². The molecule has 0 radical (unpaired) electrons. The monoisotopic (exact) mass is 272 g/mol. The van der Waals surface area contributed by atoms with E-state index in [1.807, 2.05) is 13.8 Å². The van der Waals surface area contributed by atoms with Crippen LogP contribution < -0.4 is 5.73 Å². The third-order valence-electron chi connectivity index (χ3n) is 2.75. The standard InChI is InChI=1S/C12H24N4O3/c1-4-11(13)12-6-16(15-14-12)5-10(17)8-19-9(2)7-18-3/h6,9-11,17H,4-5,7-8,13H2,1-3H3. The average Bonchev–Trinajstić information content (AvgIpc) is 2.84. The summed E-state index contributed by atoms with van der Waals surface area (Å²) in [6, 6.07) is -0.108. The van der Waals surface area contributed by atoms with Crippen molar-refractivity contribution in [2.45, 2.75) is 45.1 Å². The summed E-state index contributed by atoms with van der Waals surface area (Å²) in [5.74, 6) is 0. The summed E-state index contributed by atoms with van der Waals surface area (Å²) in [7, 11) is 1.62. The van der Waals surface area contributed by atoms with Crippen molar-refractivity contribution in [1.82, 2.24) is 15.0 Å². The van der Waals surface area contributed by atoms with Crippen molar-refractivity contribution in [3.05, 3.63) is 11.9 Å². The molecule has 1 aromatic rings. The second kappa shape index (κ2) is 8.21. The van der Waals surface area contributed by atoms with Crippen LogP contribution >= 0.6 is 0 Å². The molecule has 0 aliphatic heterocycles. The molecule has 3 atom stereocenters. The van der Waals surface area contributed by atoms with E-state index in [1.54, 1.807) is 18.0 Å². The Morgan fingerprint density at radius 3 is 2.84 bits per heavy atom. The second-order valence-corrected chi connectivity index (χ2v) is 4.63. The van der Waals surface area contributed by atoms with Crippen LogP contribution in [-0.2, 0) is 16.0 Å². The minimum Gasteiger partial charge on any atom is -0.389 e. The molecule has 0 fully saturated rings. The highest BCUT2D eigenvalue weighted by Gasteiger charge is 2.12. The van der Waals surface area contributed by atoms with Crippen LogP contribution in [0.25, 0.3) is 0 Å². The van der Waals surface area contributed by atoms with Crippen molar-refractivity contribution in [2.24, 2.45) is 5.73 Å². The summed E-state index contributed by atoms with van der Waals surface area (Å²) in [6.07, 6.45) is 1.89. The van der Waals surface area contributed by atoms with Gasteiger partial charge in [0.2, 0.25) is 0 Å². The lowest BCUT2D eigenvalue weighted by atomic mass is 10.2. The van der Waals surface area contributed by atoms with Crippen molar-refractivity contribution >= 4 is 0 Å². The van der Waals surface area contributed by atoms with Crippen LogP contribution in [0.5, 0.6) is 0 Å². The van der Waals surface area contributed by atoms with E-state index in [4.69, 9.17) is 15.2 Å². The van der Waals surface area contributed by atoms with Crippen LogP contribution in [0.3, 0.4) is 0 Å². The Morgan fingerprint density at radius 2 is 2.21 bits per heavy atom. The van der Waals surface area contributed by atoms with Gasteiger partial charge in [0.1, 0.15) is 0 Å². The van der Waals surface area contributed by atoms with E-state index in [-0.39, 0.29) is 18.8 Å². The molecule has 0 saturated carbocycles. The molecule has 110 valence electrons. The number of rotatable bonds is 9. The highest BCUT2D eigenvalue weighted by molar-refractivity contribution is 4.98. The summed E-state index contributed by atoms with van der Waals surface area (Å²) in [5.41, 5.74) is 6.59. The highest BCUT2D eigenvalue weighted by Crippen LogP contribution is 2.09. The molecule has 1 rings (SSSR count). The average molecular weight is 272 g/mol. The maximum absolute atomic E-state index is 9.84. The molecular weight excluding hydrogens is 248 g/mol. The summed E-state index contributed by atoms with van der Waals surface area (Å²) >= 11 is 0. The second-order valence-electron chi connectivity index (χ2n) is 4.63. The molecule has 19 heavy (non-hydrogen) atoms. The van der Waals surface area contributed by atoms with Crippen LogP contribution in [-0.4, -0.2) is 52.6 Å². The van der Waals surface area contributed by atoms with Gasteiger partial charge in [0.05, 0.1) is 49.9 Å². The van der Waals surface area contributed by atoms with E-state index in [2.05, 4.69) is 10.3 Å². The van der Waals surface area contributed by atoms with Gasteiger partial charge in [0.25, 0.3) is 0 Å². The number of aliphatic hydroxyl groups excluding tert-OH is 1. The lowest BCUT2D eigenvalue weighted by Gasteiger charge is -2.15. The number of aromatic nitrogens is 3. The number of aliphatic hydroxyl groups is 1. The van der Waals surface area contributed by atoms with E-state index >= 15 is 0 Å². The summed E-state index contributed by atoms with van der Waals surface area (Å²) in [5, 5.41) is 17.8. The molecular formula is C12H24N4O3. The van der Waals surface area contributed by atoms with Gasteiger partial charge >= 0.3 is 0 Å². The fraction of sp³-hybridized carbons (Fsp3) is 0.833. The molecule has 0 saturated heterocycles. The van der Waals surface area contributed by atoms with Gasteiger partial charge < -0.3 is 20.3 Å². The predicted molar refractivity (Wildman–Crippen MR) is 70.5 cm³/mol. The molecule has 0 aromatic carbocycles. The molecule has 0 aliphatic rings. The zero-order valence-corrected chi connectivity index (χ0v) is 11.8. The van der Waals surface area contributed by atoms with Gasteiger partial charge in [-0.1, -0.05) is 12.1 Å². The molecule has 7 nitrogen and oxygen atoms in total. The number of hydrogen-bond acceptors (Lipinski definition) is 6. The highest BCUT2D eigenvalue weighted by atomic mass is 16.5. The van der Waals surface area contributed by atoms with Gasteiger partial charge in [-0.25, -0.2) is 4.68 Å². The van der Waals surface area contributed by atoms with Crippen molar-refractivity contribution in [3.8, 4) is 0 Å². The Kier molecular flexibility index (Phi) is 6.93. The maximum Gasteiger partial charge on any atom is 0.0994 e. The number of hydrogen-bond donors (Lipinski definition) is 2. The summed E-state index contributed by atoms with van der Waals surface area (Å²) < 4.78 is 12.0. The zero-order valence-electron chi connectivity index (χ0n) is 11.8. The maximum atomic E-state index is 9.84. The van der Waals surface area contributed by atoms with Crippen molar-refractivity contribution in [2.75, 3.05) is 20.3 Å². The van der Waals surface area contributed by atoms with Gasteiger partial charge in [-0.15, -0.1) is 5.10 Å². The Balaban J connectivity index is 2.35.